The van der Waals surface area contributed by atoms with E-state index in [4.69, 9.17) is 4.74 Å². The number of carbonyl (C=O) groups is 1. The van der Waals surface area contributed by atoms with Gasteiger partial charge in [-0.25, -0.2) is 14.2 Å². The lowest BCUT2D eigenvalue weighted by Gasteiger charge is -2.29. The monoisotopic (exact) mass is 519 g/mol. The molecular formula is C26H29F4N5O2. The quantitative estimate of drug-likeness (QED) is 0.458. The number of urea groups is 1. The Bertz CT molecular complexity index is 1320. The van der Waals surface area contributed by atoms with Crippen LogP contribution in [-0.4, -0.2) is 59.7 Å². The van der Waals surface area contributed by atoms with Gasteiger partial charge in [0, 0.05) is 44.1 Å². The number of ether oxygens (including phenoxy) is 1. The summed E-state index contributed by atoms with van der Waals surface area (Å²) in [6.45, 7) is 6.96. The summed E-state index contributed by atoms with van der Waals surface area (Å²) in [7, 11) is 0. The summed E-state index contributed by atoms with van der Waals surface area (Å²) in [6, 6.07) is 4.28. The molecule has 3 aromatic rings. The topological polar surface area (TPSA) is 62.1 Å². The van der Waals surface area contributed by atoms with Crippen molar-refractivity contribution in [1.82, 2.24) is 14.3 Å². The zero-order chi connectivity index (χ0) is 26.3. The highest BCUT2D eigenvalue weighted by Gasteiger charge is 2.35. The average Bonchev–Trinajstić information content (AvgIpc) is 3.53. The molecular weight excluding hydrogens is 490 g/mol. The number of imidazole rings is 1. The Morgan fingerprint density at radius 3 is 2.59 bits per heavy atom. The molecule has 37 heavy (non-hydrogen) atoms. The summed E-state index contributed by atoms with van der Waals surface area (Å²) >= 11 is 0. The number of fused-ring (bicyclic) bond motifs is 1. The highest BCUT2D eigenvalue weighted by atomic mass is 19.4. The maximum atomic E-state index is 14.9. The smallest absolute Gasteiger partial charge is 0.378 e. The minimum Gasteiger partial charge on any atom is -0.378 e. The fourth-order valence-electron chi connectivity index (χ4n) is 5.03. The molecule has 2 saturated heterocycles. The number of nitrogens with one attached hydrogen (secondary N) is 1. The Balaban J connectivity index is 1.55. The van der Waals surface area contributed by atoms with E-state index in [1.54, 1.807) is 30.2 Å². The lowest BCUT2D eigenvalue weighted by Crippen LogP contribution is -2.36. The van der Waals surface area contributed by atoms with Gasteiger partial charge in [-0.15, -0.1) is 0 Å². The molecule has 0 unspecified atom stereocenters. The van der Waals surface area contributed by atoms with Crippen LogP contribution in [0.1, 0.15) is 31.0 Å². The first-order chi connectivity index (χ1) is 17.6. The molecule has 0 saturated carbocycles. The van der Waals surface area contributed by atoms with Gasteiger partial charge in [0.15, 0.2) is 11.3 Å². The summed E-state index contributed by atoms with van der Waals surface area (Å²) in [5.74, 6) is -0.136. The molecule has 2 amide bonds. The van der Waals surface area contributed by atoms with Crippen LogP contribution < -0.4 is 10.2 Å². The molecule has 2 aromatic heterocycles. The van der Waals surface area contributed by atoms with E-state index in [2.05, 4.69) is 17.2 Å². The average molecular weight is 520 g/mol. The molecule has 2 fully saturated rings. The van der Waals surface area contributed by atoms with Crippen molar-refractivity contribution >= 4 is 23.1 Å². The standard InChI is InChI=1S/C26H29F4N5O2/c1-3-17-4-5-34(13-17)25(36)31-21-12-19(16(2)10-20(21)27)18-11-22(33-6-8-37-9-7-33)24-32-23(26(28,29)30)15-35(24)14-18/h10-12,14-15,17H,3-9,13H2,1-2H3,(H,31,36)/t17-/m1/s1. The number of anilines is 2. The van der Waals surface area contributed by atoms with E-state index < -0.39 is 17.7 Å². The van der Waals surface area contributed by atoms with Gasteiger partial charge in [0.1, 0.15) is 5.82 Å². The fraction of sp³-hybridized carbons (Fsp3) is 0.462. The van der Waals surface area contributed by atoms with Crippen LogP contribution in [0.25, 0.3) is 16.8 Å². The molecule has 5 rings (SSSR count). The Morgan fingerprint density at radius 1 is 1.16 bits per heavy atom. The van der Waals surface area contributed by atoms with Crippen molar-refractivity contribution in [2.24, 2.45) is 5.92 Å². The first kappa shape index (κ1) is 25.3. The molecule has 1 atom stereocenters. The number of rotatable bonds is 4. The van der Waals surface area contributed by atoms with Gasteiger partial charge in [-0.05, 0) is 48.6 Å². The number of aromatic nitrogens is 2. The van der Waals surface area contributed by atoms with E-state index in [0.717, 1.165) is 19.0 Å². The van der Waals surface area contributed by atoms with Crippen molar-refractivity contribution < 1.29 is 27.1 Å². The van der Waals surface area contributed by atoms with Crippen molar-refractivity contribution in [3.8, 4) is 11.1 Å². The Kier molecular flexibility index (Phi) is 6.74. The van der Waals surface area contributed by atoms with E-state index in [-0.39, 0.29) is 17.4 Å². The van der Waals surface area contributed by atoms with Crippen LogP contribution in [0.3, 0.4) is 0 Å². The molecule has 4 heterocycles. The fourth-order valence-corrected chi connectivity index (χ4v) is 5.03. The summed E-state index contributed by atoms with van der Waals surface area (Å²) < 4.78 is 62.1. The highest BCUT2D eigenvalue weighted by molar-refractivity contribution is 5.91. The minimum atomic E-state index is -4.59. The van der Waals surface area contributed by atoms with Crippen LogP contribution in [0.5, 0.6) is 0 Å². The van der Waals surface area contributed by atoms with Gasteiger partial charge in [0.25, 0.3) is 0 Å². The second-order valence-electron chi connectivity index (χ2n) is 9.65. The zero-order valence-corrected chi connectivity index (χ0v) is 20.7. The van der Waals surface area contributed by atoms with E-state index in [1.165, 1.54) is 10.5 Å². The predicted molar refractivity (Wildman–Crippen MR) is 132 cm³/mol. The number of amides is 2. The third kappa shape index (κ3) is 5.09. The maximum Gasteiger partial charge on any atom is 0.434 e. The molecule has 0 radical (unpaired) electrons. The van der Waals surface area contributed by atoms with Gasteiger partial charge in [-0.2, -0.15) is 13.2 Å². The van der Waals surface area contributed by atoms with Crippen molar-refractivity contribution in [2.75, 3.05) is 49.6 Å². The summed E-state index contributed by atoms with van der Waals surface area (Å²) in [5, 5.41) is 2.69. The lowest BCUT2D eigenvalue weighted by molar-refractivity contribution is -0.140. The third-order valence-corrected chi connectivity index (χ3v) is 7.19. The molecule has 0 aliphatic carbocycles. The number of halogens is 4. The van der Waals surface area contributed by atoms with Crippen LogP contribution in [-0.2, 0) is 10.9 Å². The molecule has 7 nitrogen and oxygen atoms in total. The van der Waals surface area contributed by atoms with Crippen LogP contribution in [0.2, 0.25) is 0 Å². The molecule has 198 valence electrons. The largest absolute Gasteiger partial charge is 0.434 e. The van der Waals surface area contributed by atoms with Crippen LogP contribution in [0, 0.1) is 18.7 Å². The van der Waals surface area contributed by atoms with E-state index in [0.29, 0.717) is 67.7 Å². The Labute approximate surface area is 212 Å². The molecule has 2 aliphatic rings. The van der Waals surface area contributed by atoms with Crippen LogP contribution in [0.15, 0.2) is 30.6 Å². The van der Waals surface area contributed by atoms with Gasteiger partial charge in [0.2, 0.25) is 0 Å². The summed E-state index contributed by atoms with van der Waals surface area (Å²) in [6.07, 6.45) is -0.183. The van der Waals surface area contributed by atoms with Gasteiger partial charge in [0.05, 0.1) is 24.6 Å². The first-order valence-corrected chi connectivity index (χ1v) is 12.4. The molecule has 1 aromatic carbocycles. The normalized spacial score (nSPS) is 18.6. The van der Waals surface area contributed by atoms with Crippen LogP contribution >= 0.6 is 0 Å². The van der Waals surface area contributed by atoms with E-state index in [1.807, 2.05) is 4.90 Å². The number of aryl methyl sites for hydroxylation is 1. The summed E-state index contributed by atoms with van der Waals surface area (Å²) in [5.41, 5.74) is 1.54. The van der Waals surface area contributed by atoms with Crippen molar-refractivity contribution in [3.05, 3.63) is 47.7 Å². The van der Waals surface area contributed by atoms with Gasteiger partial charge >= 0.3 is 12.2 Å². The van der Waals surface area contributed by atoms with Gasteiger partial charge in [-0.1, -0.05) is 13.3 Å². The second-order valence-corrected chi connectivity index (χ2v) is 9.65. The Morgan fingerprint density at radius 2 is 1.92 bits per heavy atom. The lowest BCUT2D eigenvalue weighted by atomic mass is 10.00. The number of benzene rings is 1. The molecule has 11 heteroatoms. The first-order valence-electron chi connectivity index (χ1n) is 12.4. The number of alkyl halides is 3. The van der Waals surface area contributed by atoms with Gasteiger partial charge < -0.3 is 24.3 Å². The Hall–Kier alpha value is -3.34. The van der Waals surface area contributed by atoms with Crippen molar-refractivity contribution in [3.63, 3.8) is 0 Å². The SMILES string of the molecule is CC[C@@H]1CCN(C(=O)Nc2cc(-c3cc(N4CCOCC4)c4nc(C(F)(F)F)cn4c3)c(C)cc2F)C1. The summed E-state index contributed by atoms with van der Waals surface area (Å²) in [4.78, 5) is 20.3. The molecule has 2 aliphatic heterocycles. The zero-order valence-electron chi connectivity index (χ0n) is 20.7. The van der Waals surface area contributed by atoms with Crippen molar-refractivity contribution in [2.45, 2.75) is 32.9 Å². The molecule has 0 bridgehead atoms. The number of hydrogen-bond acceptors (Lipinski definition) is 4. The van der Waals surface area contributed by atoms with Gasteiger partial charge in [-0.3, -0.25) is 0 Å². The maximum absolute atomic E-state index is 14.9. The van der Waals surface area contributed by atoms with Crippen LogP contribution in [0.4, 0.5) is 33.7 Å². The highest BCUT2D eigenvalue weighted by Crippen LogP contribution is 2.36. The van der Waals surface area contributed by atoms with E-state index in [9.17, 15) is 22.4 Å². The number of likely N-dealkylation sites (tertiary alicyclic amines) is 1. The van der Waals surface area contributed by atoms with Crippen molar-refractivity contribution in [1.29, 1.82) is 0 Å². The number of morpholine rings is 1. The molecule has 0 spiro atoms. The second kappa shape index (κ2) is 9.85. The molecule has 1 N–H and O–H groups in total. The number of hydrogen-bond donors (Lipinski definition) is 1. The number of pyridine rings is 1. The third-order valence-electron chi connectivity index (χ3n) is 7.19. The number of carbonyl (C=O) groups excluding carboxylic acids is 1. The predicted octanol–water partition coefficient (Wildman–Crippen LogP) is 5.57. The minimum absolute atomic E-state index is 0.0279. The van der Waals surface area contributed by atoms with E-state index >= 15 is 0 Å². The number of nitrogens with zero attached hydrogens (tertiary/aromatic N) is 4.